The molecule has 8 rings (SSSR count). The van der Waals surface area contributed by atoms with Crippen LogP contribution in [0.4, 0.5) is 45.5 Å². The standard InChI is InChI=1S/C42H29N7O13S4/c50-42-31-12-9-26(43-25-5-2-1-3-6-25)19-24(31)20-40(66(60,61)62)41(42)49-48-39-18-16-37(33-14-11-30(23-35(33)39)65(57,58)59)47-46-36-15-17-38(34-22-29(64(54,55)56)10-13-32(34)36)45-44-27-7-4-8-28(21-27)63(51,52)53/h1-23,43,50H,(H,51,52,53)(H,54,55,56)(H,57,58,59)(H,60,61,62). The van der Waals surface area contributed by atoms with E-state index in [0.29, 0.717) is 5.69 Å². The van der Waals surface area contributed by atoms with Crippen molar-refractivity contribution in [3.63, 3.8) is 0 Å². The molecule has 0 aliphatic heterocycles. The smallest absolute Gasteiger partial charge is 0.296 e. The summed E-state index contributed by atoms with van der Waals surface area (Å²) in [6.45, 7) is 0. The molecule has 0 heterocycles. The molecule has 0 aliphatic rings. The zero-order valence-corrected chi connectivity index (χ0v) is 36.4. The fraction of sp³-hybridized carbons (Fsp3) is 0. The van der Waals surface area contributed by atoms with Crippen LogP contribution in [0, 0.1) is 0 Å². The molecule has 0 amide bonds. The fourth-order valence-corrected chi connectivity index (χ4v) is 8.89. The van der Waals surface area contributed by atoms with Crippen molar-refractivity contribution >= 4 is 118 Å². The summed E-state index contributed by atoms with van der Waals surface area (Å²) in [4.78, 5) is -2.32. The van der Waals surface area contributed by atoms with Crippen LogP contribution in [0.3, 0.4) is 0 Å². The Kier molecular flexibility index (Phi) is 11.8. The van der Waals surface area contributed by atoms with E-state index in [1.165, 1.54) is 54.6 Å². The number of rotatable bonds is 12. The number of aromatic hydroxyl groups is 1. The van der Waals surface area contributed by atoms with Gasteiger partial charge in [-0.25, -0.2) is 0 Å². The number of fused-ring (bicyclic) bond motifs is 3. The number of azo groups is 3. The Bertz CT molecular complexity index is 3870. The normalized spacial score (nSPS) is 12.9. The summed E-state index contributed by atoms with van der Waals surface area (Å²) < 4.78 is 137. The van der Waals surface area contributed by atoms with Gasteiger partial charge in [0.25, 0.3) is 40.5 Å². The Balaban J connectivity index is 1.20. The lowest BCUT2D eigenvalue weighted by atomic mass is 10.1. The van der Waals surface area contributed by atoms with Gasteiger partial charge in [0.2, 0.25) is 0 Å². The van der Waals surface area contributed by atoms with Gasteiger partial charge < -0.3 is 10.4 Å². The van der Waals surface area contributed by atoms with E-state index < -0.39 is 71.5 Å². The maximum Gasteiger partial charge on any atom is 0.296 e. The van der Waals surface area contributed by atoms with Crippen LogP contribution in [0.2, 0.25) is 0 Å². The highest BCUT2D eigenvalue weighted by Crippen LogP contribution is 2.44. The maximum atomic E-state index is 12.7. The minimum absolute atomic E-state index is 0.00730. The number of para-hydroxylation sites is 1. The van der Waals surface area contributed by atoms with Gasteiger partial charge in [0.1, 0.15) is 10.6 Å². The highest BCUT2D eigenvalue weighted by molar-refractivity contribution is 7.86. The topological polar surface area (TPSA) is 324 Å². The maximum absolute atomic E-state index is 12.7. The molecule has 0 saturated heterocycles. The summed E-state index contributed by atoms with van der Waals surface area (Å²) in [5.74, 6) is -0.654. The lowest BCUT2D eigenvalue weighted by Gasteiger charge is -2.12. The van der Waals surface area contributed by atoms with Crippen molar-refractivity contribution in [2.45, 2.75) is 19.6 Å². The molecular formula is C42H29N7O13S4. The Morgan fingerprint density at radius 2 is 0.864 bits per heavy atom. The van der Waals surface area contributed by atoms with Crippen molar-refractivity contribution in [1.82, 2.24) is 0 Å². The molecule has 20 nitrogen and oxygen atoms in total. The Labute approximate surface area is 374 Å². The largest absolute Gasteiger partial charge is 0.505 e. The second-order valence-electron chi connectivity index (χ2n) is 14.1. The van der Waals surface area contributed by atoms with Crippen molar-refractivity contribution in [3.8, 4) is 5.75 Å². The molecule has 0 saturated carbocycles. The van der Waals surface area contributed by atoms with Gasteiger partial charge >= 0.3 is 0 Å². The summed E-state index contributed by atoms with van der Waals surface area (Å²) in [5.41, 5.74) is 0.771. The van der Waals surface area contributed by atoms with Crippen molar-refractivity contribution < 1.29 is 57.0 Å². The van der Waals surface area contributed by atoms with E-state index >= 15 is 0 Å². The lowest BCUT2D eigenvalue weighted by Crippen LogP contribution is -1.99. The van der Waals surface area contributed by atoms with E-state index in [1.807, 2.05) is 18.2 Å². The predicted molar refractivity (Wildman–Crippen MR) is 241 cm³/mol. The SMILES string of the molecule is O=S(=O)(O)c1cccc(N=Nc2ccc(N=Nc3ccc(N=Nc4c(S(=O)(=O)O)cc5cc(Nc6ccccc6)ccc5c4O)c4cc(S(=O)(=O)O)ccc34)c3ccc(S(=O)(=O)O)cc23)c1. The number of nitrogens with one attached hydrogen (secondary N) is 1. The van der Waals surface area contributed by atoms with Crippen LogP contribution in [0.15, 0.2) is 190 Å². The van der Waals surface area contributed by atoms with Crippen LogP contribution < -0.4 is 5.32 Å². The number of hydrogen-bond donors (Lipinski definition) is 6. The van der Waals surface area contributed by atoms with Crippen molar-refractivity contribution in [2.24, 2.45) is 30.7 Å². The van der Waals surface area contributed by atoms with Crippen LogP contribution in [0.1, 0.15) is 0 Å². The Morgan fingerprint density at radius 1 is 0.379 bits per heavy atom. The number of phenols is 1. The average molecular weight is 968 g/mol. The van der Waals surface area contributed by atoms with Crippen LogP contribution >= 0.6 is 0 Å². The number of nitrogens with zero attached hydrogens (tertiary/aromatic N) is 6. The summed E-state index contributed by atoms with van der Waals surface area (Å²) in [6, 6.07) is 32.1. The molecule has 0 aromatic heterocycles. The monoisotopic (exact) mass is 967 g/mol. The highest BCUT2D eigenvalue weighted by atomic mass is 32.2. The van der Waals surface area contributed by atoms with Crippen molar-refractivity contribution in [1.29, 1.82) is 0 Å². The lowest BCUT2D eigenvalue weighted by molar-refractivity contribution is 0.472. The first kappa shape index (κ1) is 45.2. The van der Waals surface area contributed by atoms with E-state index in [-0.39, 0.29) is 60.8 Å². The van der Waals surface area contributed by atoms with Crippen LogP contribution in [0.5, 0.6) is 5.75 Å². The van der Waals surface area contributed by atoms with E-state index in [0.717, 1.165) is 48.2 Å². The zero-order valence-electron chi connectivity index (χ0n) is 33.1. The summed E-state index contributed by atoms with van der Waals surface area (Å²) in [5, 5.41) is 40.3. The van der Waals surface area contributed by atoms with Crippen LogP contribution in [-0.2, 0) is 40.5 Å². The molecule has 8 aromatic carbocycles. The molecule has 0 unspecified atom stereocenters. The van der Waals surface area contributed by atoms with Gasteiger partial charge in [-0.05, 0) is 109 Å². The van der Waals surface area contributed by atoms with E-state index in [9.17, 15) is 57.0 Å². The first-order chi connectivity index (χ1) is 31.1. The summed E-state index contributed by atoms with van der Waals surface area (Å²) >= 11 is 0. The Morgan fingerprint density at radius 3 is 1.39 bits per heavy atom. The predicted octanol–water partition coefficient (Wildman–Crippen LogP) is 10.8. The quantitative estimate of drug-likeness (QED) is 0.0490. The number of anilines is 2. The van der Waals surface area contributed by atoms with E-state index in [2.05, 4.69) is 36.0 Å². The molecule has 0 aliphatic carbocycles. The van der Waals surface area contributed by atoms with Crippen LogP contribution in [-0.4, -0.2) is 57.0 Å². The van der Waals surface area contributed by atoms with Crippen molar-refractivity contribution in [3.05, 3.63) is 140 Å². The van der Waals surface area contributed by atoms with Gasteiger partial charge in [-0.2, -0.15) is 38.8 Å². The van der Waals surface area contributed by atoms with Gasteiger partial charge in [-0.3, -0.25) is 18.2 Å². The Hall–Kier alpha value is -7.42. The third kappa shape index (κ3) is 9.65. The summed E-state index contributed by atoms with van der Waals surface area (Å²) in [7, 11) is -19.1. The number of benzene rings is 8. The highest BCUT2D eigenvalue weighted by Gasteiger charge is 2.23. The zero-order chi connectivity index (χ0) is 47.2. The van der Waals surface area contributed by atoms with Gasteiger partial charge in [-0.1, -0.05) is 36.4 Å². The second kappa shape index (κ2) is 17.2. The molecule has 0 spiro atoms. The third-order valence-electron chi connectivity index (χ3n) is 9.78. The van der Waals surface area contributed by atoms with Crippen molar-refractivity contribution in [2.75, 3.05) is 5.32 Å². The minimum atomic E-state index is -5.04. The molecule has 8 aromatic rings. The first-order valence-corrected chi connectivity index (χ1v) is 24.4. The molecule has 6 N–H and O–H groups in total. The number of phenolic OH excluding ortho intramolecular Hbond substituents is 1. The van der Waals surface area contributed by atoms with Gasteiger partial charge in [0, 0.05) is 38.3 Å². The molecule has 24 heteroatoms. The fourth-order valence-electron chi connectivity index (χ4n) is 6.70. The molecular weight excluding hydrogens is 939 g/mol. The molecule has 0 bridgehead atoms. The third-order valence-corrected chi connectivity index (χ3v) is 13.2. The molecule has 0 atom stereocenters. The first-order valence-electron chi connectivity index (χ1n) is 18.6. The molecule has 334 valence electrons. The van der Waals surface area contributed by atoms with E-state index in [1.54, 1.807) is 24.3 Å². The van der Waals surface area contributed by atoms with Crippen LogP contribution in [0.25, 0.3) is 32.3 Å². The van der Waals surface area contributed by atoms with Gasteiger partial charge in [0.05, 0.1) is 43.1 Å². The summed E-state index contributed by atoms with van der Waals surface area (Å²) in [6.07, 6.45) is 0. The minimum Gasteiger partial charge on any atom is -0.505 e. The second-order valence-corrected chi connectivity index (χ2v) is 19.8. The van der Waals surface area contributed by atoms with Gasteiger partial charge in [-0.15, -0.1) is 25.6 Å². The molecule has 0 fully saturated rings. The number of hydrogen-bond acceptors (Lipinski definition) is 16. The van der Waals surface area contributed by atoms with E-state index in [4.69, 9.17) is 0 Å². The molecule has 0 radical (unpaired) electrons. The average Bonchev–Trinajstić information content (AvgIpc) is 3.26. The van der Waals surface area contributed by atoms with Gasteiger partial charge in [0.15, 0.2) is 5.75 Å². The molecule has 66 heavy (non-hydrogen) atoms.